The highest BCUT2D eigenvalue weighted by atomic mass is 127. The first-order chi connectivity index (χ1) is 13.2. The van der Waals surface area contributed by atoms with Crippen molar-refractivity contribution in [3.8, 4) is 0 Å². The first-order valence-corrected chi connectivity index (χ1v) is 10.8. The van der Waals surface area contributed by atoms with Crippen LogP contribution in [0.2, 0.25) is 0 Å². The van der Waals surface area contributed by atoms with Crippen molar-refractivity contribution in [2.45, 2.75) is 24.2 Å². The van der Waals surface area contributed by atoms with Crippen molar-refractivity contribution in [2.24, 2.45) is 4.99 Å². The minimum absolute atomic E-state index is 0. The van der Waals surface area contributed by atoms with Crippen molar-refractivity contribution in [1.82, 2.24) is 10.6 Å². The third-order valence-electron chi connectivity index (χ3n) is 4.35. The van der Waals surface area contributed by atoms with E-state index >= 15 is 0 Å². The maximum atomic E-state index is 13.8. The molecule has 0 aliphatic carbocycles. The van der Waals surface area contributed by atoms with Crippen LogP contribution in [-0.2, 0) is 16.3 Å². The molecule has 1 atom stereocenters. The normalized spacial score (nSPS) is 12.8. The molecule has 0 spiro atoms. The van der Waals surface area contributed by atoms with E-state index in [-0.39, 0.29) is 29.9 Å². The quantitative estimate of drug-likeness (QED) is 0.323. The first kappa shape index (κ1) is 25.3. The number of rotatable bonds is 7. The molecule has 2 aromatic rings. The van der Waals surface area contributed by atoms with Gasteiger partial charge in [-0.25, -0.2) is 17.2 Å². The lowest BCUT2D eigenvalue weighted by atomic mass is 10.0. The maximum Gasteiger partial charge on any atom is 0.191 e. The number of hydrogen-bond donors (Lipinski definition) is 2. The van der Waals surface area contributed by atoms with Gasteiger partial charge in [0, 0.05) is 38.4 Å². The number of nitrogens with one attached hydrogen (secondary N) is 2. The zero-order valence-corrected chi connectivity index (χ0v) is 19.7. The van der Waals surface area contributed by atoms with E-state index in [1.54, 1.807) is 31.3 Å². The molecular formula is C20H26F2IN3O2S. The highest BCUT2D eigenvalue weighted by Gasteiger charge is 2.12. The number of hydrogen-bond acceptors (Lipinski definition) is 3. The van der Waals surface area contributed by atoms with Crippen LogP contribution in [0.3, 0.4) is 0 Å². The second-order valence-electron chi connectivity index (χ2n) is 6.61. The van der Waals surface area contributed by atoms with Crippen molar-refractivity contribution in [3.05, 3.63) is 65.2 Å². The van der Waals surface area contributed by atoms with Crippen LogP contribution in [-0.4, -0.2) is 40.8 Å². The molecule has 2 N–H and O–H groups in total. The fourth-order valence-corrected chi connectivity index (χ4v) is 3.34. The SMILES string of the molecule is CN=C(NCCc1ccc(S(C)(=O)=O)cc1)NCC(C)c1ccc(F)cc1F.I. The number of aliphatic imine (C=N–C) groups is 1. The predicted molar refractivity (Wildman–Crippen MR) is 123 cm³/mol. The molecule has 0 saturated carbocycles. The minimum atomic E-state index is -3.19. The summed E-state index contributed by atoms with van der Waals surface area (Å²) >= 11 is 0. The van der Waals surface area contributed by atoms with E-state index in [4.69, 9.17) is 0 Å². The molecule has 0 saturated heterocycles. The molecule has 0 amide bonds. The fraction of sp³-hybridized carbons (Fsp3) is 0.350. The van der Waals surface area contributed by atoms with Crippen LogP contribution in [0.25, 0.3) is 0 Å². The van der Waals surface area contributed by atoms with Crippen molar-refractivity contribution < 1.29 is 17.2 Å². The second-order valence-corrected chi connectivity index (χ2v) is 8.63. The topological polar surface area (TPSA) is 70.6 Å². The molecule has 0 aliphatic heterocycles. The Bertz CT molecular complexity index is 935. The van der Waals surface area contributed by atoms with Gasteiger partial charge in [-0.1, -0.05) is 25.1 Å². The summed E-state index contributed by atoms with van der Waals surface area (Å²) in [5.74, 6) is -0.747. The zero-order chi connectivity index (χ0) is 20.7. The molecule has 0 fully saturated rings. The molecule has 160 valence electrons. The van der Waals surface area contributed by atoms with Crippen molar-refractivity contribution >= 4 is 39.8 Å². The molecule has 5 nitrogen and oxygen atoms in total. The van der Waals surface area contributed by atoms with Crippen molar-refractivity contribution in [3.63, 3.8) is 0 Å². The van der Waals surface area contributed by atoms with Gasteiger partial charge in [0.1, 0.15) is 11.6 Å². The van der Waals surface area contributed by atoms with Crippen LogP contribution in [0.5, 0.6) is 0 Å². The average Bonchev–Trinajstić information content (AvgIpc) is 2.64. The third kappa shape index (κ3) is 7.88. The Labute approximate surface area is 188 Å². The zero-order valence-electron chi connectivity index (χ0n) is 16.6. The molecule has 0 radical (unpaired) electrons. The molecule has 2 rings (SSSR count). The van der Waals surface area contributed by atoms with Crippen LogP contribution in [0.4, 0.5) is 8.78 Å². The number of benzene rings is 2. The highest BCUT2D eigenvalue weighted by Crippen LogP contribution is 2.19. The Morgan fingerprint density at radius 3 is 2.31 bits per heavy atom. The summed E-state index contributed by atoms with van der Waals surface area (Å²) in [5, 5.41) is 6.28. The van der Waals surface area contributed by atoms with Gasteiger partial charge in [-0.2, -0.15) is 0 Å². The summed E-state index contributed by atoms with van der Waals surface area (Å²) < 4.78 is 49.8. The Balaban J connectivity index is 0.00000420. The Kier molecular flexibility index (Phi) is 9.97. The van der Waals surface area contributed by atoms with Crippen LogP contribution in [0.1, 0.15) is 24.0 Å². The molecule has 1 unspecified atom stereocenters. The molecule has 29 heavy (non-hydrogen) atoms. The van der Waals surface area contributed by atoms with Crippen LogP contribution in [0.15, 0.2) is 52.4 Å². The van der Waals surface area contributed by atoms with E-state index in [1.807, 2.05) is 6.92 Å². The van der Waals surface area contributed by atoms with Gasteiger partial charge >= 0.3 is 0 Å². The largest absolute Gasteiger partial charge is 0.356 e. The van der Waals surface area contributed by atoms with Crippen LogP contribution >= 0.6 is 24.0 Å². The molecular weight excluding hydrogens is 511 g/mol. The molecule has 0 aliphatic rings. The lowest BCUT2D eigenvalue weighted by Crippen LogP contribution is -2.40. The fourth-order valence-electron chi connectivity index (χ4n) is 2.71. The Hall–Kier alpha value is -1.75. The van der Waals surface area contributed by atoms with E-state index in [0.29, 0.717) is 35.9 Å². The smallest absolute Gasteiger partial charge is 0.191 e. The maximum absolute atomic E-state index is 13.8. The highest BCUT2D eigenvalue weighted by molar-refractivity contribution is 14.0. The first-order valence-electron chi connectivity index (χ1n) is 8.89. The Morgan fingerprint density at radius 1 is 1.10 bits per heavy atom. The van der Waals surface area contributed by atoms with Crippen molar-refractivity contribution in [2.75, 3.05) is 26.4 Å². The molecule has 9 heteroatoms. The van der Waals surface area contributed by atoms with E-state index in [0.717, 1.165) is 11.6 Å². The number of sulfone groups is 1. The van der Waals surface area contributed by atoms with Gasteiger partial charge in [0.2, 0.25) is 0 Å². The van der Waals surface area contributed by atoms with Gasteiger partial charge < -0.3 is 10.6 Å². The summed E-state index contributed by atoms with van der Waals surface area (Å²) in [6.45, 7) is 2.88. The monoisotopic (exact) mass is 537 g/mol. The number of halogens is 3. The summed E-state index contributed by atoms with van der Waals surface area (Å²) in [5.41, 5.74) is 1.44. The average molecular weight is 537 g/mol. The molecule has 0 aromatic heterocycles. The van der Waals surface area contributed by atoms with Gasteiger partial charge in [0.15, 0.2) is 15.8 Å². The predicted octanol–water partition coefficient (Wildman–Crippen LogP) is 3.50. The third-order valence-corrected chi connectivity index (χ3v) is 5.48. The standard InChI is InChI=1S/C20H25F2N3O2S.HI/c1-14(18-9-6-16(21)12-19(18)22)13-25-20(23-2)24-11-10-15-4-7-17(8-5-15)28(3,26)27;/h4-9,12,14H,10-11,13H2,1-3H3,(H2,23,24,25);1H. The molecule has 0 heterocycles. The van der Waals surface area contributed by atoms with Gasteiger partial charge in [-0.05, 0) is 35.7 Å². The van der Waals surface area contributed by atoms with Crippen molar-refractivity contribution in [1.29, 1.82) is 0 Å². The van der Waals surface area contributed by atoms with E-state index in [2.05, 4.69) is 15.6 Å². The number of guanidine groups is 1. The van der Waals surface area contributed by atoms with E-state index in [1.165, 1.54) is 18.4 Å². The summed E-state index contributed by atoms with van der Waals surface area (Å²) in [7, 11) is -1.56. The van der Waals surface area contributed by atoms with Gasteiger partial charge in [-0.15, -0.1) is 24.0 Å². The van der Waals surface area contributed by atoms with Gasteiger partial charge in [-0.3, -0.25) is 4.99 Å². The Morgan fingerprint density at radius 2 is 1.76 bits per heavy atom. The minimum Gasteiger partial charge on any atom is -0.356 e. The summed E-state index contributed by atoms with van der Waals surface area (Å²) in [6.07, 6.45) is 1.87. The van der Waals surface area contributed by atoms with E-state index in [9.17, 15) is 17.2 Å². The molecule has 2 aromatic carbocycles. The van der Waals surface area contributed by atoms with Crippen LogP contribution < -0.4 is 10.6 Å². The molecule has 0 bridgehead atoms. The van der Waals surface area contributed by atoms with Crippen LogP contribution in [0, 0.1) is 11.6 Å². The lowest BCUT2D eigenvalue weighted by Gasteiger charge is -2.17. The van der Waals surface area contributed by atoms with Gasteiger partial charge in [0.25, 0.3) is 0 Å². The van der Waals surface area contributed by atoms with Gasteiger partial charge in [0.05, 0.1) is 4.90 Å². The van der Waals surface area contributed by atoms with E-state index < -0.39 is 21.5 Å². The second kappa shape index (κ2) is 11.4. The number of nitrogens with zero attached hydrogens (tertiary/aromatic N) is 1. The lowest BCUT2D eigenvalue weighted by molar-refractivity contribution is 0.556. The summed E-state index contributed by atoms with van der Waals surface area (Å²) in [6, 6.07) is 10.3. The summed E-state index contributed by atoms with van der Waals surface area (Å²) in [4.78, 5) is 4.42.